The maximum absolute atomic E-state index is 10.8. The van der Waals surface area contributed by atoms with E-state index in [0.29, 0.717) is 18.1 Å². The van der Waals surface area contributed by atoms with E-state index >= 15 is 0 Å². The molecule has 4 aromatic rings. The first-order valence-corrected chi connectivity index (χ1v) is 12.6. The van der Waals surface area contributed by atoms with E-state index in [9.17, 15) is 4.79 Å². The van der Waals surface area contributed by atoms with Gasteiger partial charge in [0.2, 0.25) is 6.41 Å². The summed E-state index contributed by atoms with van der Waals surface area (Å²) < 4.78 is 21.0. The number of anilines is 1. The zero-order valence-corrected chi connectivity index (χ0v) is 20.9. The van der Waals surface area contributed by atoms with Gasteiger partial charge >= 0.3 is 7.12 Å². The average molecular weight is 491 g/mol. The third-order valence-corrected chi connectivity index (χ3v) is 7.95. The maximum atomic E-state index is 10.8. The first-order valence-electron chi connectivity index (χ1n) is 11.8. The highest BCUT2D eigenvalue weighted by atomic mass is 32.1. The van der Waals surface area contributed by atoms with E-state index in [1.165, 1.54) is 11.3 Å². The third kappa shape index (κ3) is 3.69. The molecule has 35 heavy (non-hydrogen) atoms. The molecule has 0 saturated carbocycles. The fourth-order valence-electron chi connectivity index (χ4n) is 4.50. The molecule has 9 nitrogen and oxygen atoms in total. The Hall–Kier alpha value is -3.02. The Balaban J connectivity index is 1.48. The molecule has 5 heterocycles. The number of nitrogens with one attached hydrogen (secondary N) is 1. The second-order valence-corrected chi connectivity index (χ2v) is 10.9. The fraction of sp³-hybridized carbons (Fsp3) is 0.417. The number of carbonyl (C=O) groups excluding carboxylic acids is 1. The van der Waals surface area contributed by atoms with E-state index < -0.39 is 18.3 Å². The molecule has 1 aromatic carbocycles. The molecular formula is C24H26BN5O4S. The molecule has 0 spiro atoms. The summed E-state index contributed by atoms with van der Waals surface area (Å²) >= 11 is 1.34. The molecule has 0 atom stereocenters. The van der Waals surface area contributed by atoms with Crippen LogP contribution in [0.3, 0.4) is 0 Å². The van der Waals surface area contributed by atoms with Crippen molar-refractivity contribution in [2.45, 2.75) is 58.3 Å². The molecule has 11 heteroatoms. The van der Waals surface area contributed by atoms with Crippen LogP contribution >= 0.6 is 11.3 Å². The number of pyridine rings is 1. The van der Waals surface area contributed by atoms with Crippen LogP contribution in [0.25, 0.3) is 32.9 Å². The Morgan fingerprint density at radius 1 is 1.06 bits per heavy atom. The van der Waals surface area contributed by atoms with Gasteiger partial charge in [-0.15, -0.1) is 0 Å². The zero-order chi connectivity index (χ0) is 24.4. The number of aromatic nitrogens is 4. The van der Waals surface area contributed by atoms with Crippen molar-refractivity contribution < 1.29 is 18.8 Å². The van der Waals surface area contributed by atoms with Crippen molar-refractivity contribution in [1.82, 2.24) is 19.5 Å². The highest BCUT2D eigenvalue weighted by molar-refractivity contribution is 7.21. The van der Waals surface area contributed by atoms with Crippen LogP contribution in [0.5, 0.6) is 5.75 Å². The first-order chi connectivity index (χ1) is 16.8. The fourth-order valence-corrected chi connectivity index (χ4v) is 5.29. The van der Waals surface area contributed by atoms with E-state index in [1.807, 2.05) is 52.0 Å². The van der Waals surface area contributed by atoms with Gasteiger partial charge in [0.1, 0.15) is 27.3 Å². The minimum absolute atomic E-state index is 0.435. The van der Waals surface area contributed by atoms with Crippen LogP contribution in [0.1, 0.15) is 40.5 Å². The van der Waals surface area contributed by atoms with E-state index in [0.717, 1.165) is 63.5 Å². The van der Waals surface area contributed by atoms with Crippen LogP contribution < -0.4 is 15.5 Å². The number of rotatable bonds is 4. The minimum Gasteiger partial charge on any atom is -0.491 e. The predicted molar refractivity (Wildman–Crippen MR) is 136 cm³/mol. The van der Waals surface area contributed by atoms with Gasteiger partial charge in [-0.1, -0.05) is 11.3 Å². The summed E-state index contributed by atoms with van der Waals surface area (Å²) in [5, 5.41) is 3.12. The number of amides is 1. The summed E-state index contributed by atoms with van der Waals surface area (Å²) in [4.78, 5) is 25.8. The lowest BCUT2D eigenvalue weighted by Crippen LogP contribution is -2.41. The number of carbonyl (C=O) groups is 1. The Morgan fingerprint density at radius 3 is 2.63 bits per heavy atom. The summed E-state index contributed by atoms with van der Waals surface area (Å²) in [5.41, 5.74) is 3.27. The molecule has 1 fully saturated rings. The second kappa shape index (κ2) is 8.01. The molecule has 2 aliphatic heterocycles. The van der Waals surface area contributed by atoms with E-state index in [2.05, 4.69) is 14.9 Å². The van der Waals surface area contributed by atoms with E-state index in [1.54, 1.807) is 0 Å². The van der Waals surface area contributed by atoms with Crippen molar-refractivity contribution in [3.8, 4) is 17.3 Å². The molecule has 0 unspecified atom stereocenters. The van der Waals surface area contributed by atoms with Gasteiger partial charge in [-0.3, -0.25) is 4.79 Å². The highest BCUT2D eigenvalue weighted by Crippen LogP contribution is 2.38. The molecule has 0 radical (unpaired) electrons. The Morgan fingerprint density at radius 2 is 1.86 bits per heavy atom. The van der Waals surface area contributed by atoms with Crippen LogP contribution in [0.2, 0.25) is 0 Å². The number of ether oxygens (including phenoxy) is 1. The van der Waals surface area contributed by atoms with Crippen LogP contribution in [0, 0.1) is 0 Å². The highest BCUT2D eigenvalue weighted by Gasteiger charge is 2.52. The van der Waals surface area contributed by atoms with Gasteiger partial charge in [-0.05, 0) is 70.3 Å². The van der Waals surface area contributed by atoms with Crippen molar-refractivity contribution in [3.63, 3.8) is 0 Å². The predicted octanol–water partition coefficient (Wildman–Crippen LogP) is 3.75. The molecule has 1 amide bonds. The topological polar surface area (TPSA) is 100 Å². The number of hydrogen-bond donors (Lipinski definition) is 1. The number of aryl methyl sites for hydroxylation is 1. The summed E-state index contributed by atoms with van der Waals surface area (Å²) in [7, 11) is -0.501. The lowest BCUT2D eigenvalue weighted by atomic mass is 9.78. The van der Waals surface area contributed by atoms with Crippen molar-refractivity contribution in [1.29, 1.82) is 0 Å². The molecule has 3 aromatic heterocycles. The van der Waals surface area contributed by atoms with Gasteiger partial charge in [0.05, 0.1) is 23.3 Å². The smallest absolute Gasteiger partial charge is 0.491 e. The van der Waals surface area contributed by atoms with Crippen LogP contribution in [0.15, 0.2) is 24.3 Å². The van der Waals surface area contributed by atoms with Crippen molar-refractivity contribution in [2.75, 3.05) is 11.9 Å². The molecule has 1 N–H and O–H groups in total. The minimum atomic E-state index is -0.501. The number of nitrogens with zero attached hydrogens (tertiary/aromatic N) is 4. The first kappa shape index (κ1) is 22.4. The normalized spacial score (nSPS) is 18.9. The molecule has 1 saturated heterocycles. The molecule has 180 valence electrons. The van der Waals surface area contributed by atoms with Gasteiger partial charge in [0, 0.05) is 6.54 Å². The Bertz CT molecular complexity index is 1450. The van der Waals surface area contributed by atoms with Crippen molar-refractivity contribution in [2.24, 2.45) is 0 Å². The summed E-state index contributed by atoms with van der Waals surface area (Å²) in [5.74, 6) is 1.56. The molecule has 6 rings (SSSR count). The molecule has 0 aliphatic carbocycles. The number of benzene rings is 1. The standard InChI is InChI=1S/C24H26BN5O4S/c1-23(2)24(3,4)34-25(33-23)14-11-17-19-18(12-14)32-10-6-5-9-30(19)20(27-17)15-7-8-16-21(28-15)35-22(29-16)26-13-31/h7-8,11-13H,5-6,9-10H2,1-4H3,(H,26,29,31). The van der Waals surface area contributed by atoms with Gasteiger partial charge < -0.3 is 23.9 Å². The Labute approximate surface area is 207 Å². The average Bonchev–Trinajstić information content (AvgIpc) is 3.42. The molecule has 2 aliphatic rings. The number of imidazole rings is 1. The zero-order valence-electron chi connectivity index (χ0n) is 20.1. The van der Waals surface area contributed by atoms with E-state index in [-0.39, 0.29) is 0 Å². The largest absolute Gasteiger partial charge is 0.495 e. The van der Waals surface area contributed by atoms with Crippen LogP contribution in [-0.4, -0.2) is 50.9 Å². The summed E-state index contributed by atoms with van der Waals surface area (Å²) in [6.07, 6.45) is 2.55. The quantitative estimate of drug-likeness (QED) is 0.343. The van der Waals surface area contributed by atoms with Crippen LogP contribution in [0.4, 0.5) is 5.13 Å². The number of fused-ring (bicyclic) bond motifs is 1. The lowest BCUT2D eigenvalue weighted by molar-refractivity contribution is -0.105. The van der Waals surface area contributed by atoms with Crippen molar-refractivity contribution in [3.05, 3.63) is 24.3 Å². The summed E-state index contributed by atoms with van der Waals surface area (Å²) in [6.45, 7) is 9.66. The van der Waals surface area contributed by atoms with Gasteiger partial charge in [-0.2, -0.15) is 0 Å². The van der Waals surface area contributed by atoms with E-state index in [4.69, 9.17) is 24.0 Å². The second-order valence-electron chi connectivity index (χ2n) is 9.92. The Kier molecular flexibility index (Phi) is 5.14. The monoisotopic (exact) mass is 491 g/mol. The SMILES string of the molecule is CC1(C)OB(c2cc3c4c(c2)nc(-c2ccc5nc(NC=O)sc5n2)n4CCCCO3)OC1(C)C. The summed E-state index contributed by atoms with van der Waals surface area (Å²) in [6, 6.07) is 7.89. The number of hydrogen-bond acceptors (Lipinski definition) is 8. The van der Waals surface area contributed by atoms with Crippen molar-refractivity contribution >= 4 is 56.8 Å². The third-order valence-electron chi connectivity index (χ3n) is 7.06. The molecule has 0 bridgehead atoms. The van der Waals surface area contributed by atoms with Gasteiger partial charge in [0.25, 0.3) is 0 Å². The van der Waals surface area contributed by atoms with Gasteiger partial charge in [0.15, 0.2) is 11.0 Å². The lowest BCUT2D eigenvalue weighted by Gasteiger charge is -2.32. The van der Waals surface area contributed by atoms with Crippen LogP contribution in [-0.2, 0) is 20.6 Å². The van der Waals surface area contributed by atoms with Gasteiger partial charge in [-0.25, -0.2) is 15.0 Å². The molecular weight excluding hydrogens is 465 g/mol. The number of thiazole rings is 1. The maximum Gasteiger partial charge on any atom is 0.495 e.